The Morgan fingerprint density at radius 3 is 2.85 bits per heavy atom. The zero-order chi connectivity index (χ0) is 17.7. The van der Waals surface area contributed by atoms with Crippen LogP contribution in [0.1, 0.15) is 18.0 Å². The summed E-state index contributed by atoms with van der Waals surface area (Å²) in [4.78, 5) is 19.4. The lowest BCUT2D eigenvalue weighted by molar-refractivity contribution is 0.281. The molecule has 26 heavy (non-hydrogen) atoms. The largest absolute Gasteiger partial charge is 0.374 e. The number of hydrogen-bond donors (Lipinski definition) is 1. The topological polar surface area (TPSA) is 89.9 Å². The molecule has 0 amide bonds. The van der Waals surface area contributed by atoms with Gasteiger partial charge in [-0.05, 0) is 30.5 Å². The van der Waals surface area contributed by atoms with Crippen LogP contribution in [0.25, 0.3) is 11.3 Å². The second kappa shape index (κ2) is 5.91. The van der Waals surface area contributed by atoms with Crippen molar-refractivity contribution in [3.05, 3.63) is 52.6 Å². The van der Waals surface area contributed by atoms with Crippen LogP contribution >= 0.6 is 11.3 Å². The maximum absolute atomic E-state index is 12.7. The quantitative estimate of drug-likeness (QED) is 0.746. The number of pyridine rings is 2. The van der Waals surface area contributed by atoms with E-state index in [1.807, 2.05) is 22.8 Å². The van der Waals surface area contributed by atoms with Crippen molar-refractivity contribution >= 4 is 21.6 Å². The van der Waals surface area contributed by atoms with Gasteiger partial charge >= 0.3 is 0 Å². The average Bonchev–Trinajstić information content (AvgIpc) is 3.09. The van der Waals surface area contributed by atoms with E-state index < -0.39 is 0 Å². The minimum absolute atomic E-state index is 0.0615. The molecule has 3 aromatic heterocycles. The number of nitrogen functional groups attached to an aromatic ring is 1. The fraction of sp³-hybridized carbons (Fsp3) is 0.333. The van der Waals surface area contributed by atoms with Crippen LogP contribution in [0.2, 0.25) is 0 Å². The highest BCUT2D eigenvalue weighted by Crippen LogP contribution is 2.38. The third-order valence-electron chi connectivity index (χ3n) is 5.22. The molecule has 2 aliphatic heterocycles. The van der Waals surface area contributed by atoms with E-state index in [1.54, 1.807) is 12.3 Å². The summed E-state index contributed by atoms with van der Waals surface area (Å²) in [7, 11) is 0. The Labute approximate surface area is 154 Å². The van der Waals surface area contributed by atoms with Gasteiger partial charge in [-0.2, -0.15) is 0 Å². The number of nitrogens with two attached hydrogens (primary N) is 1. The molecule has 5 rings (SSSR count). The predicted molar refractivity (Wildman–Crippen MR) is 101 cm³/mol. The van der Waals surface area contributed by atoms with Gasteiger partial charge in [0, 0.05) is 49.1 Å². The van der Waals surface area contributed by atoms with Crippen molar-refractivity contribution in [3.63, 3.8) is 0 Å². The molecule has 2 N–H and O–H groups in total. The van der Waals surface area contributed by atoms with E-state index in [0.29, 0.717) is 17.0 Å². The number of fused-ring (bicyclic) bond motifs is 4. The zero-order valence-corrected chi connectivity index (χ0v) is 14.9. The van der Waals surface area contributed by atoms with Crippen LogP contribution in [0.4, 0.5) is 10.3 Å². The molecule has 7 nitrogen and oxygen atoms in total. The molecule has 0 unspecified atom stereocenters. The number of aromatic nitrogens is 4. The van der Waals surface area contributed by atoms with Crippen LogP contribution in [0, 0.1) is 5.92 Å². The van der Waals surface area contributed by atoms with Gasteiger partial charge in [0.2, 0.25) is 10.3 Å². The van der Waals surface area contributed by atoms with Crippen molar-refractivity contribution in [2.75, 3.05) is 23.7 Å². The maximum Gasteiger partial charge on any atom is 0.251 e. The molecule has 0 spiro atoms. The van der Waals surface area contributed by atoms with Crippen LogP contribution in [-0.2, 0) is 6.54 Å². The Bertz CT molecular complexity index is 1010. The van der Waals surface area contributed by atoms with E-state index in [1.165, 1.54) is 11.3 Å². The van der Waals surface area contributed by atoms with Crippen LogP contribution in [0.5, 0.6) is 0 Å². The molecule has 2 bridgehead atoms. The van der Waals surface area contributed by atoms with E-state index in [0.717, 1.165) is 48.1 Å². The van der Waals surface area contributed by atoms with Crippen LogP contribution in [0.3, 0.4) is 0 Å². The summed E-state index contributed by atoms with van der Waals surface area (Å²) < 4.78 is 1.94. The van der Waals surface area contributed by atoms with Crippen molar-refractivity contribution in [1.82, 2.24) is 19.7 Å². The SMILES string of the molecule is Nc1nnc(N2C[C@@H]3C[C@H](C2)c2cc(-c4ccccn4)cc(=O)n2C3)s1. The normalized spacial score (nSPS) is 21.5. The second-order valence-electron chi connectivity index (χ2n) is 6.96. The van der Waals surface area contributed by atoms with Crippen LogP contribution in [0.15, 0.2) is 41.3 Å². The van der Waals surface area contributed by atoms with Gasteiger partial charge in [0.1, 0.15) is 0 Å². The zero-order valence-electron chi connectivity index (χ0n) is 14.1. The van der Waals surface area contributed by atoms with E-state index in [2.05, 4.69) is 26.1 Å². The lowest BCUT2D eigenvalue weighted by Gasteiger charge is -2.42. The molecule has 3 aromatic rings. The number of rotatable bonds is 2. The van der Waals surface area contributed by atoms with E-state index in [9.17, 15) is 4.79 Å². The Morgan fingerprint density at radius 1 is 1.15 bits per heavy atom. The summed E-state index contributed by atoms with van der Waals surface area (Å²) in [5.74, 6) is 0.730. The Hall–Kier alpha value is -2.74. The Balaban J connectivity index is 1.54. The second-order valence-corrected chi connectivity index (χ2v) is 7.95. The highest BCUT2D eigenvalue weighted by molar-refractivity contribution is 7.18. The smallest absolute Gasteiger partial charge is 0.251 e. The van der Waals surface area contributed by atoms with Crippen molar-refractivity contribution in [1.29, 1.82) is 0 Å². The molecule has 0 aromatic carbocycles. The molecule has 8 heteroatoms. The van der Waals surface area contributed by atoms with Gasteiger partial charge in [-0.1, -0.05) is 17.4 Å². The van der Waals surface area contributed by atoms with Crippen molar-refractivity contribution in [2.45, 2.75) is 18.9 Å². The summed E-state index contributed by atoms with van der Waals surface area (Å²) in [5.41, 5.74) is 8.62. The third-order valence-corrected chi connectivity index (χ3v) is 6.03. The maximum atomic E-state index is 12.7. The number of piperidine rings is 1. The molecule has 1 saturated heterocycles. The van der Waals surface area contributed by atoms with E-state index in [4.69, 9.17) is 5.73 Å². The molecule has 2 atom stereocenters. The summed E-state index contributed by atoms with van der Waals surface area (Å²) >= 11 is 1.42. The Morgan fingerprint density at radius 2 is 2.08 bits per heavy atom. The highest BCUT2D eigenvalue weighted by atomic mass is 32.1. The van der Waals surface area contributed by atoms with Crippen molar-refractivity contribution in [3.8, 4) is 11.3 Å². The minimum atomic E-state index is 0.0615. The number of nitrogens with zero attached hydrogens (tertiary/aromatic N) is 5. The minimum Gasteiger partial charge on any atom is -0.374 e. The van der Waals surface area contributed by atoms with Gasteiger partial charge in [0.05, 0.1) is 5.69 Å². The molecule has 0 radical (unpaired) electrons. The molecule has 0 aliphatic carbocycles. The lowest BCUT2D eigenvalue weighted by Crippen LogP contribution is -2.47. The lowest BCUT2D eigenvalue weighted by atomic mass is 9.83. The average molecular weight is 366 g/mol. The monoisotopic (exact) mass is 366 g/mol. The molecule has 2 aliphatic rings. The molecular formula is C18H18N6OS. The molecular weight excluding hydrogens is 348 g/mol. The summed E-state index contributed by atoms with van der Waals surface area (Å²) in [6, 6.07) is 9.59. The molecule has 1 fully saturated rings. The van der Waals surface area contributed by atoms with Gasteiger partial charge in [0.15, 0.2) is 0 Å². The standard InChI is InChI=1S/C18H18N6OS/c19-17-21-22-18(26-17)23-8-11-5-13(10-23)15-6-12(7-16(25)24(15)9-11)14-3-1-2-4-20-14/h1-4,6-7,11,13H,5,8-10H2,(H2,19,21)/t11-,13+/m0/s1. The van der Waals surface area contributed by atoms with Crippen LogP contribution in [-0.4, -0.2) is 32.8 Å². The van der Waals surface area contributed by atoms with Gasteiger partial charge in [-0.3, -0.25) is 9.78 Å². The fourth-order valence-corrected chi connectivity index (χ4v) is 4.78. The Kier molecular flexibility index (Phi) is 3.53. The fourth-order valence-electron chi connectivity index (χ4n) is 4.15. The molecule has 132 valence electrons. The molecule has 0 saturated carbocycles. The first-order chi connectivity index (χ1) is 12.7. The van der Waals surface area contributed by atoms with E-state index >= 15 is 0 Å². The van der Waals surface area contributed by atoms with Crippen LogP contribution < -0.4 is 16.2 Å². The van der Waals surface area contributed by atoms with E-state index in [-0.39, 0.29) is 5.56 Å². The van der Waals surface area contributed by atoms with Crippen molar-refractivity contribution in [2.24, 2.45) is 5.92 Å². The van der Waals surface area contributed by atoms with Crippen molar-refractivity contribution < 1.29 is 0 Å². The first-order valence-corrected chi connectivity index (χ1v) is 9.49. The van der Waals surface area contributed by atoms with Gasteiger partial charge in [-0.25, -0.2) is 0 Å². The predicted octanol–water partition coefficient (Wildman–Crippen LogP) is 1.97. The van der Waals surface area contributed by atoms with Gasteiger partial charge in [0.25, 0.3) is 5.56 Å². The number of anilines is 2. The summed E-state index contributed by atoms with van der Waals surface area (Å²) in [6.07, 6.45) is 2.85. The third kappa shape index (κ3) is 2.57. The highest BCUT2D eigenvalue weighted by Gasteiger charge is 2.36. The summed E-state index contributed by atoms with van der Waals surface area (Å²) in [5, 5.41) is 9.50. The van der Waals surface area contributed by atoms with Gasteiger partial charge in [-0.15, -0.1) is 10.2 Å². The number of hydrogen-bond acceptors (Lipinski definition) is 7. The summed E-state index contributed by atoms with van der Waals surface area (Å²) in [6.45, 7) is 2.47. The molecule has 5 heterocycles. The first-order valence-electron chi connectivity index (χ1n) is 8.67. The van der Waals surface area contributed by atoms with Gasteiger partial charge < -0.3 is 15.2 Å². The first kappa shape index (κ1) is 15.5.